The maximum Gasteiger partial charge on any atom is 0.325 e. The highest BCUT2D eigenvalue weighted by Crippen LogP contribution is 2.34. The second-order valence-corrected chi connectivity index (χ2v) is 10.5. The number of hydrogen-bond acceptors (Lipinski definition) is 6. The SMILES string of the molecule is CCCC/C(=C\c1nnc(-c2ccc(CNCCCP(=O)(O)O)c3ncccc23)o1)c1ccccc1. The fourth-order valence-corrected chi connectivity index (χ4v) is 4.63. The van der Waals surface area contributed by atoms with Gasteiger partial charge in [-0.25, -0.2) is 0 Å². The maximum absolute atomic E-state index is 11.0. The molecule has 0 radical (unpaired) electrons. The predicted octanol–water partition coefficient (Wildman–Crippen LogP) is 5.67. The number of aromatic nitrogens is 3. The van der Waals surface area contributed by atoms with E-state index < -0.39 is 7.60 Å². The van der Waals surface area contributed by atoms with Gasteiger partial charge >= 0.3 is 7.60 Å². The van der Waals surface area contributed by atoms with E-state index in [0.29, 0.717) is 31.3 Å². The van der Waals surface area contributed by atoms with Gasteiger partial charge in [0.15, 0.2) is 0 Å². The first-order valence-electron chi connectivity index (χ1n) is 12.2. The molecule has 0 aliphatic heterocycles. The third kappa shape index (κ3) is 6.95. The molecule has 2 aromatic heterocycles. The minimum absolute atomic E-state index is 0.129. The van der Waals surface area contributed by atoms with Crippen molar-refractivity contribution in [1.82, 2.24) is 20.5 Å². The van der Waals surface area contributed by atoms with Crippen molar-refractivity contribution in [3.63, 3.8) is 0 Å². The average Bonchev–Trinajstić information content (AvgIpc) is 3.34. The molecule has 8 nitrogen and oxygen atoms in total. The zero-order valence-electron chi connectivity index (χ0n) is 20.3. The number of pyridine rings is 1. The van der Waals surface area contributed by atoms with E-state index >= 15 is 0 Å². The Balaban J connectivity index is 1.56. The second-order valence-electron chi connectivity index (χ2n) is 8.68. The van der Waals surface area contributed by atoms with Crippen LogP contribution in [-0.4, -0.2) is 37.7 Å². The van der Waals surface area contributed by atoms with Crippen LogP contribution >= 0.6 is 7.60 Å². The molecule has 188 valence electrons. The Labute approximate surface area is 210 Å². The predicted molar refractivity (Wildman–Crippen MR) is 142 cm³/mol. The van der Waals surface area contributed by atoms with E-state index in [4.69, 9.17) is 14.2 Å². The highest BCUT2D eigenvalue weighted by atomic mass is 31.2. The van der Waals surface area contributed by atoms with Crippen molar-refractivity contribution in [2.24, 2.45) is 0 Å². The number of allylic oxidation sites excluding steroid dienone is 1. The van der Waals surface area contributed by atoms with Crippen LogP contribution in [-0.2, 0) is 11.1 Å². The van der Waals surface area contributed by atoms with Crippen molar-refractivity contribution < 1.29 is 18.8 Å². The van der Waals surface area contributed by atoms with Gasteiger partial charge in [-0.05, 0) is 54.6 Å². The molecule has 0 aliphatic rings. The molecule has 36 heavy (non-hydrogen) atoms. The van der Waals surface area contributed by atoms with Gasteiger partial charge < -0.3 is 19.5 Å². The summed E-state index contributed by atoms with van der Waals surface area (Å²) >= 11 is 0. The number of unbranched alkanes of at least 4 members (excludes halogenated alkanes) is 1. The van der Waals surface area contributed by atoms with Crippen LogP contribution in [0.1, 0.15) is 49.6 Å². The fourth-order valence-electron chi connectivity index (χ4n) is 4.06. The zero-order chi connectivity index (χ0) is 25.4. The van der Waals surface area contributed by atoms with Crippen LogP contribution in [0.2, 0.25) is 0 Å². The summed E-state index contributed by atoms with van der Waals surface area (Å²) in [6.45, 7) is 3.21. The summed E-state index contributed by atoms with van der Waals surface area (Å²) in [5.74, 6) is 0.899. The summed E-state index contributed by atoms with van der Waals surface area (Å²) in [6.07, 6.45) is 7.09. The van der Waals surface area contributed by atoms with Crippen molar-refractivity contribution in [3.05, 3.63) is 77.8 Å². The first kappa shape index (κ1) is 25.9. The van der Waals surface area contributed by atoms with Gasteiger partial charge in [0.05, 0.1) is 11.7 Å². The Kier molecular flexibility index (Phi) is 8.78. The quantitative estimate of drug-likeness (QED) is 0.166. The van der Waals surface area contributed by atoms with Crippen LogP contribution in [0.5, 0.6) is 0 Å². The van der Waals surface area contributed by atoms with E-state index in [0.717, 1.165) is 46.9 Å². The normalized spacial score (nSPS) is 12.4. The molecule has 9 heteroatoms. The molecule has 4 aromatic rings. The van der Waals surface area contributed by atoms with Crippen molar-refractivity contribution in [2.75, 3.05) is 12.7 Å². The van der Waals surface area contributed by atoms with Gasteiger partial charge in [-0.1, -0.05) is 55.8 Å². The lowest BCUT2D eigenvalue weighted by Gasteiger charge is -2.10. The van der Waals surface area contributed by atoms with E-state index in [2.05, 4.69) is 39.6 Å². The summed E-state index contributed by atoms with van der Waals surface area (Å²) in [7, 11) is -3.97. The Morgan fingerprint density at radius 2 is 1.89 bits per heavy atom. The minimum atomic E-state index is -3.97. The molecule has 0 saturated carbocycles. The Bertz CT molecular complexity index is 1360. The van der Waals surface area contributed by atoms with E-state index in [1.165, 1.54) is 5.57 Å². The van der Waals surface area contributed by atoms with Gasteiger partial charge in [0.25, 0.3) is 0 Å². The fraction of sp³-hybridized carbons (Fsp3) is 0.296. The summed E-state index contributed by atoms with van der Waals surface area (Å²) in [6, 6.07) is 18.0. The second kappa shape index (κ2) is 12.2. The first-order valence-corrected chi connectivity index (χ1v) is 14.0. The number of benzene rings is 2. The monoisotopic (exact) mass is 506 g/mol. The lowest BCUT2D eigenvalue weighted by molar-refractivity contribution is 0.371. The topological polar surface area (TPSA) is 121 Å². The smallest absolute Gasteiger partial charge is 0.325 e. The average molecular weight is 507 g/mol. The Morgan fingerprint density at radius 3 is 2.67 bits per heavy atom. The van der Waals surface area contributed by atoms with Crippen molar-refractivity contribution in [3.8, 4) is 11.5 Å². The molecular formula is C27H31N4O4P. The van der Waals surface area contributed by atoms with E-state index in [1.54, 1.807) is 6.20 Å². The van der Waals surface area contributed by atoms with E-state index in [1.807, 2.05) is 48.5 Å². The van der Waals surface area contributed by atoms with Crippen LogP contribution in [0.15, 0.2) is 65.2 Å². The molecule has 0 bridgehead atoms. The van der Waals surface area contributed by atoms with Crippen LogP contribution in [0.25, 0.3) is 34.0 Å². The van der Waals surface area contributed by atoms with Gasteiger partial charge in [-0.15, -0.1) is 10.2 Å². The standard InChI is InChI=1S/C27H31N4O4P/c1-2-3-9-21(20-10-5-4-6-11-20)18-25-30-31-27(35-25)24-14-13-22(26-23(24)12-7-16-29-26)19-28-15-8-17-36(32,33)34/h4-7,10-14,16,18,28H,2-3,8-9,15,17,19H2,1H3,(H2,32,33,34)/b21-18+. The van der Waals surface area contributed by atoms with E-state index in [9.17, 15) is 4.57 Å². The Hall–Kier alpha value is -3.16. The largest absolute Gasteiger partial charge is 0.417 e. The van der Waals surface area contributed by atoms with Gasteiger partial charge in [0.2, 0.25) is 11.8 Å². The third-order valence-electron chi connectivity index (χ3n) is 5.88. The van der Waals surface area contributed by atoms with Gasteiger partial charge in [0, 0.05) is 29.8 Å². The molecule has 0 amide bonds. The molecule has 0 atom stereocenters. The molecule has 4 rings (SSSR count). The third-order valence-corrected chi connectivity index (χ3v) is 6.78. The van der Waals surface area contributed by atoms with Crippen LogP contribution < -0.4 is 5.32 Å². The van der Waals surface area contributed by atoms with Crippen molar-refractivity contribution >= 4 is 30.1 Å². The minimum Gasteiger partial charge on any atom is -0.417 e. The summed E-state index contributed by atoms with van der Waals surface area (Å²) in [5.41, 5.74) is 4.93. The highest BCUT2D eigenvalue weighted by molar-refractivity contribution is 7.51. The molecule has 0 saturated heterocycles. The highest BCUT2D eigenvalue weighted by Gasteiger charge is 2.15. The van der Waals surface area contributed by atoms with E-state index in [-0.39, 0.29) is 6.16 Å². The molecule has 2 heterocycles. The lowest BCUT2D eigenvalue weighted by atomic mass is 10.00. The molecule has 0 spiro atoms. The molecule has 0 aliphatic carbocycles. The van der Waals surface area contributed by atoms with Gasteiger partial charge in [-0.2, -0.15) is 0 Å². The number of hydrogen-bond donors (Lipinski definition) is 3. The molecule has 0 unspecified atom stereocenters. The number of rotatable bonds is 12. The number of nitrogens with one attached hydrogen (secondary N) is 1. The van der Waals surface area contributed by atoms with Crippen LogP contribution in [0.3, 0.4) is 0 Å². The van der Waals surface area contributed by atoms with Gasteiger partial charge in [0.1, 0.15) is 0 Å². The molecule has 3 N–H and O–H groups in total. The summed E-state index contributed by atoms with van der Waals surface area (Å²) in [4.78, 5) is 22.6. The Morgan fingerprint density at radius 1 is 1.06 bits per heavy atom. The molecular weight excluding hydrogens is 475 g/mol. The van der Waals surface area contributed by atoms with Crippen molar-refractivity contribution in [2.45, 2.75) is 39.2 Å². The lowest BCUT2D eigenvalue weighted by Crippen LogP contribution is -2.16. The van der Waals surface area contributed by atoms with Crippen molar-refractivity contribution in [1.29, 1.82) is 0 Å². The number of nitrogens with zero attached hydrogens (tertiary/aromatic N) is 3. The van der Waals surface area contributed by atoms with Crippen LogP contribution in [0, 0.1) is 0 Å². The maximum atomic E-state index is 11.0. The van der Waals surface area contributed by atoms with Gasteiger partial charge in [-0.3, -0.25) is 9.55 Å². The summed E-state index contributed by atoms with van der Waals surface area (Å²) in [5, 5.41) is 12.8. The van der Waals surface area contributed by atoms with Crippen LogP contribution in [0.4, 0.5) is 0 Å². The molecule has 0 fully saturated rings. The zero-order valence-corrected chi connectivity index (χ0v) is 21.2. The molecule has 2 aromatic carbocycles. The first-order chi connectivity index (χ1) is 17.4. The number of fused-ring (bicyclic) bond motifs is 1. The summed E-state index contributed by atoms with van der Waals surface area (Å²) < 4.78 is 17.1.